The molecule has 8 nitrogen and oxygen atoms in total. The fourth-order valence-corrected chi connectivity index (χ4v) is 6.00. The fourth-order valence-electron chi connectivity index (χ4n) is 3.54. The molecule has 1 aliphatic heterocycles. The second kappa shape index (κ2) is 8.45. The number of piperidine rings is 1. The Morgan fingerprint density at radius 3 is 2.62 bits per heavy atom. The third kappa shape index (κ3) is 4.06. The standard InChI is InChI=1S/C19H25N5O3S2/c1-3-18-21-17(22-27-18)13-28-19-20-15-12-14(8-9-16(15)24(19)4-2)29(25,26)23-10-6-5-7-11-23/h8-9,12H,3-7,10-11,13H2,1-2H3. The van der Waals surface area contributed by atoms with Crippen LogP contribution in [0.1, 0.15) is 44.8 Å². The Balaban J connectivity index is 1.61. The van der Waals surface area contributed by atoms with Gasteiger partial charge in [0.25, 0.3) is 0 Å². The first-order valence-electron chi connectivity index (χ1n) is 9.97. The fraction of sp³-hybridized carbons (Fsp3) is 0.526. The quantitative estimate of drug-likeness (QED) is 0.525. The summed E-state index contributed by atoms with van der Waals surface area (Å²) in [7, 11) is -3.47. The summed E-state index contributed by atoms with van der Waals surface area (Å²) < 4.78 is 34.8. The summed E-state index contributed by atoms with van der Waals surface area (Å²) in [5.41, 5.74) is 1.62. The first-order chi connectivity index (χ1) is 14.0. The first kappa shape index (κ1) is 20.4. The van der Waals surface area contributed by atoms with Gasteiger partial charge in [-0.05, 0) is 38.0 Å². The number of benzene rings is 1. The summed E-state index contributed by atoms with van der Waals surface area (Å²) in [6, 6.07) is 5.25. The van der Waals surface area contributed by atoms with Gasteiger partial charge in [0.05, 0.1) is 21.7 Å². The Bertz CT molecular complexity index is 1100. The van der Waals surface area contributed by atoms with Crippen LogP contribution in [-0.4, -0.2) is 45.5 Å². The number of hydrogen-bond donors (Lipinski definition) is 0. The molecule has 0 spiro atoms. The number of thioether (sulfide) groups is 1. The minimum Gasteiger partial charge on any atom is -0.339 e. The minimum absolute atomic E-state index is 0.315. The molecule has 29 heavy (non-hydrogen) atoms. The van der Waals surface area contributed by atoms with Crippen LogP contribution in [0.3, 0.4) is 0 Å². The Kier molecular flexibility index (Phi) is 5.93. The van der Waals surface area contributed by atoms with E-state index in [1.807, 2.05) is 19.9 Å². The molecule has 0 N–H and O–H groups in total. The lowest BCUT2D eigenvalue weighted by Gasteiger charge is -2.25. The van der Waals surface area contributed by atoms with Gasteiger partial charge in [-0.25, -0.2) is 13.4 Å². The van der Waals surface area contributed by atoms with Crippen molar-refractivity contribution in [3.63, 3.8) is 0 Å². The predicted molar refractivity (Wildman–Crippen MR) is 111 cm³/mol. The molecule has 1 aliphatic rings. The van der Waals surface area contributed by atoms with E-state index in [9.17, 15) is 8.42 Å². The molecule has 3 aromatic rings. The van der Waals surface area contributed by atoms with Gasteiger partial charge in [0.15, 0.2) is 11.0 Å². The van der Waals surface area contributed by atoms with Crippen LogP contribution in [0.2, 0.25) is 0 Å². The van der Waals surface area contributed by atoms with Crippen LogP contribution >= 0.6 is 11.8 Å². The molecule has 1 aromatic carbocycles. The number of rotatable bonds is 7. The van der Waals surface area contributed by atoms with E-state index in [0.717, 1.165) is 36.5 Å². The number of sulfonamides is 1. The van der Waals surface area contributed by atoms with Gasteiger partial charge in [-0.2, -0.15) is 9.29 Å². The molecule has 10 heteroatoms. The SMILES string of the molecule is CCc1nc(CSc2nc3cc(S(=O)(=O)N4CCCCC4)ccc3n2CC)no1. The van der Waals surface area contributed by atoms with Crippen molar-refractivity contribution in [3.05, 3.63) is 29.9 Å². The summed E-state index contributed by atoms with van der Waals surface area (Å²) in [6.45, 7) is 5.94. The van der Waals surface area contributed by atoms with Crippen LogP contribution < -0.4 is 0 Å². The second-order valence-electron chi connectivity index (χ2n) is 7.00. The predicted octanol–water partition coefficient (Wildman–Crippen LogP) is 3.47. The normalized spacial score (nSPS) is 15.9. The van der Waals surface area contributed by atoms with Gasteiger partial charge in [-0.3, -0.25) is 0 Å². The van der Waals surface area contributed by atoms with Gasteiger partial charge in [-0.1, -0.05) is 30.3 Å². The maximum absolute atomic E-state index is 13.0. The lowest BCUT2D eigenvalue weighted by molar-refractivity contribution is 0.346. The van der Waals surface area contributed by atoms with Gasteiger partial charge in [0.2, 0.25) is 15.9 Å². The largest absolute Gasteiger partial charge is 0.339 e. The van der Waals surface area contributed by atoms with E-state index < -0.39 is 10.0 Å². The van der Waals surface area contributed by atoms with E-state index in [-0.39, 0.29) is 0 Å². The number of aryl methyl sites for hydroxylation is 2. The third-order valence-electron chi connectivity index (χ3n) is 5.10. The lowest BCUT2D eigenvalue weighted by atomic mass is 10.2. The molecule has 0 radical (unpaired) electrons. The van der Waals surface area contributed by atoms with Crippen molar-refractivity contribution >= 4 is 32.8 Å². The van der Waals surface area contributed by atoms with E-state index in [0.29, 0.717) is 47.4 Å². The van der Waals surface area contributed by atoms with Crippen LogP contribution in [0.15, 0.2) is 32.8 Å². The Labute approximate surface area is 174 Å². The molecule has 1 fully saturated rings. The van der Waals surface area contributed by atoms with Crippen LogP contribution in [-0.2, 0) is 28.7 Å². The zero-order valence-corrected chi connectivity index (χ0v) is 18.3. The van der Waals surface area contributed by atoms with Crippen LogP contribution in [0.25, 0.3) is 11.0 Å². The van der Waals surface area contributed by atoms with Crippen LogP contribution in [0, 0.1) is 0 Å². The molecule has 3 heterocycles. The van der Waals surface area contributed by atoms with Crippen LogP contribution in [0.4, 0.5) is 0 Å². The van der Waals surface area contributed by atoms with Crippen molar-refractivity contribution in [1.29, 1.82) is 0 Å². The Morgan fingerprint density at radius 2 is 1.93 bits per heavy atom. The van der Waals surface area contributed by atoms with Crippen molar-refractivity contribution in [3.8, 4) is 0 Å². The van der Waals surface area contributed by atoms with E-state index in [4.69, 9.17) is 9.51 Å². The van der Waals surface area contributed by atoms with E-state index in [1.165, 1.54) is 11.8 Å². The van der Waals surface area contributed by atoms with E-state index >= 15 is 0 Å². The Hall–Kier alpha value is -1.91. The molecule has 1 saturated heterocycles. The number of hydrogen-bond acceptors (Lipinski definition) is 7. The molecule has 4 rings (SSSR count). The molecule has 0 unspecified atom stereocenters. The second-order valence-corrected chi connectivity index (χ2v) is 9.88. The number of nitrogens with zero attached hydrogens (tertiary/aromatic N) is 5. The summed E-state index contributed by atoms with van der Waals surface area (Å²) in [5, 5.41) is 4.80. The average molecular weight is 436 g/mol. The van der Waals surface area contributed by atoms with E-state index in [2.05, 4.69) is 14.7 Å². The average Bonchev–Trinajstić information content (AvgIpc) is 3.35. The summed E-state index contributed by atoms with van der Waals surface area (Å²) in [4.78, 5) is 9.35. The summed E-state index contributed by atoms with van der Waals surface area (Å²) >= 11 is 1.52. The summed E-state index contributed by atoms with van der Waals surface area (Å²) in [5.74, 6) is 1.80. The molecule has 156 valence electrons. The molecule has 0 amide bonds. The summed E-state index contributed by atoms with van der Waals surface area (Å²) in [6.07, 6.45) is 3.64. The highest BCUT2D eigenvalue weighted by molar-refractivity contribution is 7.98. The molecule has 0 atom stereocenters. The van der Waals surface area contributed by atoms with E-state index in [1.54, 1.807) is 16.4 Å². The highest BCUT2D eigenvalue weighted by Crippen LogP contribution is 2.29. The first-order valence-corrected chi connectivity index (χ1v) is 12.4. The highest BCUT2D eigenvalue weighted by Gasteiger charge is 2.26. The zero-order chi connectivity index (χ0) is 20.4. The van der Waals surface area contributed by atoms with Gasteiger partial charge in [0.1, 0.15) is 0 Å². The zero-order valence-electron chi connectivity index (χ0n) is 16.7. The van der Waals surface area contributed by atoms with Crippen molar-refractivity contribution in [1.82, 2.24) is 24.0 Å². The van der Waals surface area contributed by atoms with Gasteiger partial charge < -0.3 is 9.09 Å². The molecule has 0 saturated carbocycles. The number of fused-ring (bicyclic) bond motifs is 1. The molecule has 0 aliphatic carbocycles. The van der Waals surface area contributed by atoms with Gasteiger partial charge in [-0.15, -0.1) is 0 Å². The van der Waals surface area contributed by atoms with Crippen molar-refractivity contribution < 1.29 is 12.9 Å². The maximum atomic E-state index is 13.0. The maximum Gasteiger partial charge on any atom is 0.243 e. The topological polar surface area (TPSA) is 94.1 Å². The lowest BCUT2D eigenvalue weighted by Crippen LogP contribution is -2.35. The minimum atomic E-state index is -3.47. The molecule has 2 aromatic heterocycles. The molecule has 0 bridgehead atoms. The monoisotopic (exact) mass is 435 g/mol. The number of aromatic nitrogens is 4. The number of imidazole rings is 1. The third-order valence-corrected chi connectivity index (χ3v) is 7.96. The Morgan fingerprint density at radius 1 is 1.14 bits per heavy atom. The highest BCUT2D eigenvalue weighted by atomic mass is 32.2. The smallest absolute Gasteiger partial charge is 0.243 e. The molecular formula is C19H25N5O3S2. The van der Waals surface area contributed by atoms with Crippen molar-refractivity contribution in [2.45, 2.75) is 61.9 Å². The molecular weight excluding hydrogens is 410 g/mol. The van der Waals surface area contributed by atoms with Crippen molar-refractivity contribution in [2.24, 2.45) is 0 Å². The van der Waals surface area contributed by atoms with Crippen molar-refractivity contribution in [2.75, 3.05) is 13.1 Å². The van der Waals surface area contributed by atoms with Gasteiger partial charge >= 0.3 is 0 Å². The van der Waals surface area contributed by atoms with Gasteiger partial charge in [0, 0.05) is 26.1 Å². The van der Waals surface area contributed by atoms with Crippen LogP contribution in [0.5, 0.6) is 0 Å².